The molecular weight excluding hydrogens is 166 g/mol. The molecule has 0 radical (unpaired) electrons. The quantitative estimate of drug-likeness (QED) is 0.646. The first-order chi connectivity index (χ1) is 6.22. The van der Waals surface area contributed by atoms with Gasteiger partial charge in [-0.15, -0.1) is 0 Å². The van der Waals surface area contributed by atoms with Crippen molar-refractivity contribution < 1.29 is 5.11 Å². The molecule has 3 N–H and O–H groups in total. The number of aliphatic hydroxyl groups excluding tert-OH is 1. The molecule has 72 valence electrons. The van der Waals surface area contributed by atoms with E-state index in [2.05, 4.69) is 5.10 Å². The highest BCUT2D eigenvalue weighted by Gasteiger charge is 2.23. The molecule has 0 saturated heterocycles. The van der Waals surface area contributed by atoms with Crippen molar-refractivity contribution in [3.8, 4) is 0 Å². The molecule has 13 heavy (non-hydrogen) atoms. The van der Waals surface area contributed by atoms with E-state index in [1.54, 1.807) is 4.68 Å². The normalized spacial score (nSPS) is 21.5. The van der Waals surface area contributed by atoms with Crippen LogP contribution in [0.25, 0.3) is 0 Å². The van der Waals surface area contributed by atoms with Crippen LogP contribution in [-0.4, -0.2) is 21.5 Å². The molecule has 0 aromatic carbocycles. The lowest BCUT2D eigenvalue weighted by Crippen LogP contribution is -2.17. The van der Waals surface area contributed by atoms with Gasteiger partial charge in [0, 0.05) is 19.2 Å². The summed E-state index contributed by atoms with van der Waals surface area (Å²) < 4.78 is 1.73. The first-order valence-corrected chi connectivity index (χ1v) is 4.63. The molecule has 0 bridgehead atoms. The molecule has 0 fully saturated rings. The number of nitrogen functional groups attached to an aromatic ring is 1. The number of rotatable bonds is 1. The van der Waals surface area contributed by atoms with E-state index < -0.39 is 0 Å². The number of hydrogen-bond acceptors (Lipinski definition) is 3. The van der Waals surface area contributed by atoms with Crippen LogP contribution in [0.4, 0.5) is 5.82 Å². The number of fused-ring (bicyclic) bond motifs is 1. The number of nitrogens with two attached hydrogens (primary N) is 1. The van der Waals surface area contributed by atoms with Gasteiger partial charge in [-0.25, -0.2) is 0 Å². The van der Waals surface area contributed by atoms with Gasteiger partial charge in [-0.1, -0.05) is 0 Å². The molecule has 1 aromatic rings. The Bertz CT molecular complexity index is 319. The predicted molar refractivity (Wildman–Crippen MR) is 50.2 cm³/mol. The van der Waals surface area contributed by atoms with E-state index in [0.717, 1.165) is 36.3 Å². The summed E-state index contributed by atoms with van der Waals surface area (Å²) in [5.74, 6) is 1.13. The van der Waals surface area contributed by atoms with Gasteiger partial charge in [0.15, 0.2) is 0 Å². The Morgan fingerprint density at radius 1 is 1.69 bits per heavy atom. The summed E-state index contributed by atoms with van der Waals surface area (Å²) in [7, 11) is 1.86. The summed E-state index contributed by atoms with van der Waals surface area (Å²) in [6.07, 6.45) is 2.86. The van der Waals surface area contributed by atoms with Crippen LogP contribution in [0.1, 0.15) is 17.7 Å². The number of nitrogens with zero attached hydrogens (tertiary/aromatic N) is 2. The van der Waals surface area contributed by atoms with Crippen LogP contribution < -0.4 is 5.73 Å². The lowest BCUT2D eigenvalue weighted by Gasteiger charge is -2.18. The Morgan fingerprint density at radius 3 is 3.15 bits per heavy atom. The molecule has 1 heterocycles. The number of anilines is 1. The summed E-state index contributed by atoms with van der Waals surface area (Å²) in [6.45, 7) is 0.258. The molecule has 0 amide bonds. The standard InChI is InChI=1S/C9H15N3O/c1-12-9(10)7-4-6(5-13)2-3-8(7)11-12/h6,13H,2-5,10H2,1H3. The molecule has 1 atom stereocenters. The minimum Gasteiger partial charge on any atom is -0.396 e. The van der Waals surface area contributed by atoms with Crippen LogP contribution in [0.2, 0.25) is 0 Å². The highest BCUT2D eigenvalue weighted by molar-refractivity contribution is 5.44. The maximum absolute atomic E-state index is 9.05. The summed E-state index contributed by atoms with van der Waals surface area (Å²) in [5, 5.41) is 13.4. The average Bonchev–Trinajstić information content (AvgIpc) is 2.43. The van der Waals surface area contributed by atoms with Gasteiger partial charge in [0.05, 0.1) is 5.69 Å². The van der Waals surface area contributed by atoms with Gasteiger partial charge >= 0.3 is 0 Å². The minimum atomic E-state index is 0.258. The van der Waals surface area contributed by atoms with E-state index in [1.807, 2.05) is 7.05 Å². The number of hydrogen-bond donors (Lipinski definition) is 2. The first kappa shape index (κ1) is 8.56. The first-order valence-electron chi connectivity index (χ1n) is 4.63. The summed E-state index contributed by atoms with van der Waals surface area (Å²) in [4.78, 5) is 0. The topological polar surface area (TPSA) is 64.1 Å². The van der Waals surface area contributed by atoms with E-state index in [1.165, 1.54) is 0 Å². The van der Waals surface area contributed by atoms with Crippen LogP contribution in [-0.2, 0) is 19.9 Å². The molecule has 1 aliphatic carbocycles. The number of aryl methyl sites for hydroxylation is 2. The SMILES string of the molecule is Cn1nc2c(c1N)CC(CO)CC2. The highest BCUT2D eigenvalue weighted by atomic mass is 16.3. The Balaban J connectivity index is 2.32. The van der Waals surface area contributed by atoms with E-state index in [0.29, 0.717) is 5.92 Å². The molecule has 1 unspecified atom stereocenters. The van der Waals surface area contributed by atoms with Crippen molar-refractivity contribution in [2.75, 3.05) is 12.3 Å². The third-order valence-electron chi connectivity index (χ3n) is 2.82. The minimum absolute atomic E-state index is 0.258. The van der Waals surface area contributed by atoms with Gasteiger partial charge in [-0.2, -0.15) is 5.10 Å². The van der Waals surface area contributed by atoms with Crippen molar-refractivity contribution in [1.29, 1.82) is 0 Å². The van der Waals surface area contributed by atoms with Crippen LogP contribution in [0.15, 0.2) is 0 Å². The van der Waals surface area contributed by atoms with Crippen LogP contribution in [0, 0.1) is 5.92 Å². The third kappa shape index (κ3) is 1.31. The van der Waals surface area contributed by atoms with Gasteiger partial charge in [0.1, 0.15) is 5.82 Å². The zero-order valence-electron chi connectivity index (χ0n) is 7.82. The molecule has 4 heteroatoms. The fraction of sp³-hybridized carbons (Fsp3) is 0.667. The summed E-state index contributed by atoms with van der Waals surface area (Å²) in [5.41, 5.74) is 8.12. The van der Waals surface area contributed by atoms with E-state index >= 15 is 0 Å². The van der Waals surface area contributed by atoms with Gasteiger partial charge < -0.3 is 10.8 Å². The molecule has 0 spiro atoms. The van der Waals surface area contributed by atoms with Crippen molar-refractivity contribution in [2.45, 2.75) is 19.3 Å². The van der Waals surface area contributed by atoms with Gasteiger partial charge in [-0.05, 0) is 25.2 Å². The second-order valence-corrected chi connectivity index (χ2v) is 3.73. The van der Waals surface area contributed by atoms with Gasteiger partial charge in [-0.3, -0.25) is 4.68 Å². The van der Waals surface area contributed by atoms with E-state index in [9.17, 15) is 0 Å². The Hall–Kier alpha value is -1.03. The average molecular weight is 181 g/mol. The largest absolute Gasteiger partial charge is 0.396 e. The van der Waals surface area contributed by atoms with Crippen molar-refractivity contribution in [3.63, 3.8) is 0 Å². The summed E-state index contributed by atoms with van der Waals surface area (Å²) >= 11 is 0. The molecule has 1 aromatic heterocycles. The van der Waals surface area contributed by atoms with Crippen LogP contribution in [0.3, 0.4) is 0 Å². The highest BCUT2D eigenvalue weighted by Crippen LogP contribution is 2.28. The second kappa shape index (κ2) is 3.03. The zero-order valence-corrected chi connectivity index (χ0v) is 7.82. The summed E-state index contributed by atoms with van der Waals surface area (Å²) in [6, 6.07) is 0. The number of aliphatic hydroxyl groups is 1. The van der Waals surface area contributed by atoms with Crippen LogP contribution in [0.5, 0.6) is 0 Å². The van der Waals surface area contributed by atoms with Crippen molar-refractivity contribution in [2.24, 2.45) is 13.0 Å². The maximum atomic E-state index is 9.05. The molecule has 0 saturated carbocycles. The molecule has 2 rings (SSSR count). The molecule has 4 nitrogen and oxygen atoms in total. The lowest BCUT2D eigenvalue weighted by atomic mass is 9.88. The van der Waals surface area contributed by atoms with Crippen molar-refractivity contribution in [1.82, 2.24) is 9.78 Å². The number of aromatic nitrogens is 2. The molecular formula is C9H15N3O. The fourth-order valence-corrected chi connectivity index (χ4v) is 1.95. The molecule has 1 aliphatic rings. The monoisotopic (exact) mass is 181 g/mol. The predicted octanol–water partition coefficient (Wildman–Crippen LogP) is 0.0995. The van der Waals surface area contributed by atoms with E-state index in [4.69, 9.17) is 10.8 Å². The Kier molecular flexibility index (Phi) is 2.00. The van der Waals surface area contributed by atoms with Crippen molar-refractivity contribution in [3.05, 3.63) is 11.3 Å². The van der Waals surface area contributed by atoms with Gasteiger partial charge in [0.2, 0.25) is 0 Å². The Labute approximate surface area is 77.4 Å². The zero-order chi connectivity index (χ0) is 9.42. The Morgan fingerprint density at radius 2 is 2.46 bits per heavy atom. The second-order valence-electron chi connectivity index (χ2n) is 3.73. The van der Waals surface area contributed by atoms with Crippen molar-refractivity contribution >= 4 is 5.82 Å². The van der Waals surface area contributed by atoms with Crippen LogP contribution >= 0.6 is 0 Å². The molecule has 0 aliphatic heterocycles. The maximum Gasteiger partial charge on any atom is 0.124 e. The van der Waals surface area contributed by atoms with E-state index in [-0.39, 0.29) is 6.61 Å². The lowest BCUT2D eigenvalue weighted by molar-refractivity contribution is 0.213. The fourth-order valence-electron chi connectivity index (χ4n) is 1.95. The smallest absolute Gasteiger partial charge is 0.124 e. The third-order valence-corrected chi connectivity index (χ3v) is 2.82. The van der Waals surface area contributed by atoms with Gasteiger partial charge in [0.25, 0.3) is 0 Å².